The highest BCUT2D eigenvalue weighted by Gasteiger charge is 2.05. The molecule has 0 saturated heterocycles. The highest BCUT2D eigenvalue weighted by molar-refractivity contribution is 6.18. The summed E-state index contributed by atoms with van der Waals surface area (Å²) in [7, 11) is 1.71. The summed E-state index contributed by atoms with van der Waals surface area (Å²) in [5.74, 6) is 0.257. The van der Waals surface area contributed by atoms with Gasteiger partial charge in [0.05, 0.1) is 12.7 Å². The largest absolute Gasteiger partial charge is 0.391 e. The summed E-state index contributed by atoms with van der Waals surface area (Å²) >= 11 is 5.41. The van der Waals surface area contributed by atoms with Gasteiger partial charge in [0.2, 0.25) is 0 Å². The van der Waals surface area contributed by atoms with Crippen molar-refractivity contribution in [2.45, 2.75) is 19.1 Å². The molecular formula is C7H17ClN2O2. The molecule has 2 unspecified atom stereocenters. The first-order chi connectivity index (χ1) is 5.70. The number of alkyl halides is 1. The summed E-state index contributed by atoms with van der Waals surface area (Å²) in [5.41, 5.74) is 2.57. The van der Waals surface area contributed by atoms with Crippen molar-refractivity contribution < 1.29 is 9.94 Å². The van der Waals surface area contributed by atoms with Gasteiger partial charge in [-0.3, -0.25) is 0 Å². The smallest absolute Gasteiger partial charge is 0.0832 e. The zero-order valence-corrected chi connectivity index (χ0v) is 8.27. The Kier molecular flexibility index (Phi) is 7.85. The van der Waals surface area contributed by atoms with Gasteiger partial charge in [-0.15, -0.1) is 11.6 Å². The summed E-state index contributed by atoms with van der Waals surface area (Å²) in [6.45, 7) is 3.03. The third kappa shape index (κ3) is 6.82. The van der Waals surface area contributed by atoms with Crippen molar-refractivity contribution in [3.8, 4) is 0 Å². The van der Waals surface area contributed by atoms with Crippen molar-refractivity contribution >= 4 is 11.6 Å². The summed E-state index contributed by atoms with van der Waals surface area (Å²) in [4.78, 5) is 4.93. The molecule has 0 aromatic rings. The topological polar surface area (TPSA) is 53.5 Å². The van der Waals surface area contributed by atoms with Gasteiger partial charge in [-0.1, -0.05) is 0 Å². The van der Waals surface area contributed by atoms with Crippen LogP contribution in [0.25, 0.3) is 0 Å². The lowest BCUT2D eigenvalue weighted by Gasteiger charge is -2.15. The molecule has 5 heteroatoms. The maximum atomic E-state index is 9.08. The van der Waals surface area contributed by atoms with Crippen molar-refractivity contribution in [3.63, 3.8) is 0 Å². The molecule has 0 aliphatic rings. The molecule has 0 radical (unpaired) electrons. The quantitative estimate of drug-likeness (QED) is 0.387. The van der Waals surface area contributed by atoms with Crippen LogP contribution in [-0.4, -0.2) is 43.3 Å². The second-order valence-corrected chi connectivity index (χ2v) is 2.94. The summed E-state index contributed by atoms with van der Waals surface area (Å²) in [5, 5.41) is 12.1. The van der Waals surface area contributed by atoms with E-state index in [1.54, 1.807) is 7.05 Å². The van der Waals surface area contributed by atoms with Crippen molar-refractivity contribution in [1.29, 1.82) is 0 Å². The minimum Gasteiger partial charge on any atom is -0.391 e. The number of halogens is 1. The Balaban J connectivity index is 3.24. The second kappa shape index (κ2) is 7.76. The lowest BCUT2D eigenvalue weighted by atomic mass is 10.3. The minimum absolute atomic E-state index is 0.204. The number of nitrogens with one attached hydrogen (secondary N) is 2. The molecule has 74 valence electrons. The standard InChI is InChI=1S/C7H17ClN2O2/c1-6(5-12-9-2)10-4-7(11)3-8/h6-7,9-11H,3-5H2,1-2H3. The molecule has 0 saturated carbocycles. The van der Waals surface area contributed by atoms with Gasteiger partial charge >= 0.3 is 0 Å². The van der Waals surface area contributed by atoms with Gasteiger partial charge in [-0.25, -0.2) is 5.48 Å². The number of hydroxylamine groups is 1. The monoisotopic (exact) mass is 196 g/mol. The van der Waals surface area contributed by atoms with E-state index in [1.807, 2.05) is 6.92 Å². The van der Waals surface area contributed by atoms with Crippen LogP contribution >= 0.6 is 11.6 Å². The molecule has 0 aliphatic heterocycles. The SMILES string of the molecule is CNOCC(C)NCC(O)CCl. The predicted molar refractivity (Wildman–Crippen MR) is 49.2 cm³/mol. The van der Waals surface area contributed by atoms with E-state index in [0.717, 1.165) is 0 Å². The van der Waals surface area contributed by atoms with Gasteiger partial charge in [-0.05, 0) is 6.92 Å². The van der Waals surface area contributed by atoms with Gasteiger partial charge in [0.15, 0.2) is 0 Å². The van der Waals surface area contributed by atoms with Crippen LogP contribution in [0.4, 0.5) is 0 Å². The number of rotatable bonds is 7. The molecule has 2 atom stereocenters. The van der Waals surface area contributed by atoms with E-state index < -0.39 is 6.10 Å². The first-order valence-electron chi connectivity index (χ1n) is 3.96. The van der Waals surface area contributed by atoms with Crippen LogP contribution < -0.4 is 10.8 Å². The Hall–Kier alpha value is 0.130. The second-order valence-electron chi connectivity index (χ2n) is 2.63. The first-order valence-corrected chi connectivity index (χ1v) is 4.50. The van der Waals surface area contributed by atoms with Crippen molar-refractivity contribution in [2.24, 2.45) is 0 Å². The van der Waals surface area contributed by atoms with Crippen LogP contribution in [-0.2, 0) is 4.84 Å². The molecule has 0 aliphatic carbocycles. The van der Waals surface area contributed by atoms with Gasteiger partial charge in [0.25, 0.3) is 0 Å². The first kappa shape index (κ1) is 12.1. The zero-order chi connectivity index (χ0) is 9.40. The number of aliphatic hydroxyl groups excluding tert-OH is 1. The summed E-state index contributed by atoms with van der Waals surface area (Å²) < 4.78 is 0. The Morgan fingerprint density at radius 2 is 2.25 bits per heavy atom. The normalized spacial score (nSPS) is 16.0. The molecule has 0 bridgehead atoms. The highest BCUT2D eigenvalue weighted by atomic mass is 35.5. The molecular weight excluding hydrogens is 180 g/mol. The molecule has 0 fully saturated rings. The number of hydrogen-bond donors (Lipinski definition) is 3. The van der Waals surface area contributed by atoms with Gasteiger partial charge in [0.1, 0.15) is 0 Å². The van der Waals surface area contributed by atoms with Gasteiger partial charge in [-0.2, -0.15) is 0 Å². The molecule has 0 spiro atoms. The number of aliphatic hydroxyl groups is 1. The van der Waals surface area contributed by atoms with Crippen molar-refractivity contribution in [1.82, 2.24) is 10.8 Å². The number of hydrogen-bond acceptors (Lipinski definition) is 4. The van der Waals surface area contributed by atoms with Crippen LogP contribution in [0.3, 0.4) is 0 Å². The predicted octanol–water partition coefficient (Wildman–Crippen LogP) is -0.285. The average molecular weight is 197 g/mol. The van der Waals surface area contributed by atoms with Crippen molar-refractivity contribution in [3.05, 3.63) is 0 Å². The van der Waals surface area contributed by atoms with E-state index in [-0.39, 0.29) is 11.9 Å². The fraction of sp³-hybridized carbons (Fsp3) is 1.00. The Bertz CT molecular complexity index is 105. The molecule has 0 heterocycles. The summed E-state index contributed by atoms with van der Waals surface area (Å²) in [6, 6.07) is 0.204. The Morgan fingerprint density at radius 3 is 2.75 bits per heavy atom. The molecule has 0 amide bonds. The third-order valence-corrected chi connectivity index (χ3v) is 1.71. The molecule has 12 heavy (non-hydrogen) atoms. The minimum atomic E-state index is -0.483. The maximum Gasteiger partial charge on any atom is 0.0832 e. The fourth-order valence-electron chi connectivity index (χ4n) is 0.659. The van der Waals surface area contributed by atoms with E-state index in [2.05, 4.69) is 10.8 Å². The molecule has 0 aromatic carbocycles. The summed E-state index contributed by atoms with van der Waals surface area (Å²) in [6.07, 6.45) is -0.483. The average Bonchev–Trinajstić information content (AvgIpc) is 2.10. The van der Waals surface area contributed by atoms with Gasteiger partial charge in [0, 0.05) is 25.5 Å². The van der Waals surface area contributed by atoms with Crippen LogP contribution in [0, 0.1) is 0 Å². The van der Waals surface area contributed by atoms with E-state index in [9.17, 15) is 0 Å². The van der Waals surface area contributed by atoms with E-state index in [0.29, 0.717) is 13.2 Å². The van der Waals surface area contributed by atoms with E-state index in [1.165, 1.54) is 0 Å². The Labute approximate surface area is 78.2 Å². The van der Waals surface area contributed by atoms with Crippen LogP contribution in [0.1, 0.15) is 6.92 Å². The van der Waals surface area contributed by atoms with Crippen LogP contribution in [0.2, 0.25) is 0 Å². The molecule has 0 aromatic heterocycles. The van der Waals surface area contributed by atoms with E-state index in [4.69, 9.17) is 21.5 Å². The molecule has 4 nitrogen and oxygen atoms in total. The third-order valence-electron chi connectivity index (χ3n) is 1.36. The van der Waals surface area contributed by atoms with Crippen LogP contribution in [0.5, 0.6) is 0 Å². The zero-order valence-electron chi connectivity index (χ0n) is 7.51. The fourth-order valence-corrected chi connectivity index (χ4v) is 0.768. The highest BCUT2D eigenvalue weighted by Crippen LogP contribution is 1.87. The van der Waals surface area contributed by atoms with Crippen LogP contribution in [0.15, 0.2) is 0 Å². The maximum absolute atomic E-state index is 9.08. The lowest BCUT2D eigenvalue weighted by Crippen LogP contribution is -2.38. The molecule has 3 N–H and O–H groups in total. The van der Waals surface area contributed by atoms with E-state index >= 15 is 0 Å². The molecule has 0 rings (SSSR count). The lowest BCUT2D eigenvalue weighted by molar-refractivity contribution is 0.0424. The Morgan fingerprint density at radius 1 is 1.58 bits per heavy atom. The van der Waals surface area contributed by atoms with Gasteiger partial charge < -0.3 is 15.3 Å². The van der Waals surface area contributed by atoms with Crippen molar-refractivity contribution in [2.75, 3.05) is 26.1 Å².